The fourth-order valence-electron chi connectivity index (χ4n) is 3.61. The Morgan fingerprint density at radius 2 is 1.60 bits per heavy atom. The minimum atomic E-state index is 0.397. The normalized spacial score (nSPS) is 19.0. The van der Waals surface area contributed by atoms with Crippen LogP contribution in [0.4, 0.5) is 5.13 Å². The number of benzene rings is 1. The molecule has 2 fully saturated rings. The number of anilines is 1. The zero-order valence-electron chi connectivity index (χ0n) is 14.7. The van der Waals surface area contributed by atoms with Gasteiger partial charge in [-0.2, -0.15) is 0 Å². The maximum Gasteiger partial charge on any atom is 0.219 e. The van der Waals surface area contributed by atoms with E-state index in [0.717, 1.165) is 48.4 Å². The van der Waals surface area contributed by atoms with Crippen molar-refractivity contribution in [2.75, 3.05) is 18.0 Å². The molecule has 1 aliphatic heterocycles. The van der Waals surface area contributed by atoms with Crippen molar-refractivity contribution in [3.05, 3.63) is 35.0 Å². The second kappa shape index (κ2) is 5.80. The summed E-state index contributed by atoms with van der Waals surface area (Å²) in [5.41, 5.74) is 3.74. The molecule has 130 valence electrons. The Kier molecular flexibility index (Phi) is 3.55. The van der Waals surface area contributed by atoms with Crippen molar-refractivity contribution in [2.24, 2.45) is 0 Å². The van der Waals surface area contributed by atoms with E-state index >= 15 is 0 Å². The zero-order valence-corrected chi connectivity index (χ0v) is 15.5. The van der Waals surface area contributed by atoms with Crippen LogP contribution in [-0.4, -0.2) is 28.3 Å². The molecule has 3 aromatic rings. The highest BCUT2D eigenvalue weighted by atomic mass is 32.1. The largest absolute Gasteiger partial charge is 0.425 e. The SMILES string of the molecule is Cc1ccc(C)c2sc(N3CCC(c4nnc(C5CC5)o4)CC3)nc12. The van der Waals surface area contributed by atoms with E-state index in [1.54, 1.807) is 0 Å². The van der Waals surface area contributed by atoms with Crippen LogP contribution in [0.1, 0.15) is 60.4 Å². The van der Waals surface area contributed by atoms with E-state index in [0.29, 0.717) is 11.8 Å². The van der Waals surface area contributed by atoms with Gasteiger partial charge in [-0.15, -0.1) is 10.2 Å². The molecule has 0 bridgehead atoms. The Labute approximate surface area is 151 Å². The minimum absolute atomic E-state index is 0.397. The molecule has 0 N–H and O–H groups in total. The molecule has 1 aromatic carbocycles. The monoisotopic (exact) mass is 354 g/mol. The van der Waals surface area contributed by atoms with Crippen LogP contribution in [0.5, 0.6) is 0 Å². The van der Waals surface area contributed by atoms with Crippen molar-refractivity contribution in [3.8, 4) is 0 Å². The topological polar surface area (TPSA) is 55.1 Å². The Morgan fingerprint density at radius 3 is 2.24 bits per heavy atom. The van der Waals surface area contributed by atoms with E-state index < -0.39 is 0 Å². The van der Waals surface area contributed by atoms with Gasteiger partial charge in [-0.25, -0.2) is 4.98 Å². The fourth-order valence-corrected chi connectivity index (χ4v) is 4.77. The molecule has 3 heterocycles. The van der Waals surface area contributed by atoms with Crippen molar-refractivity contribution in [3.63, 3.8) is 0 Å². The molecule has 0 amide bonds. The van der Waals surface area contributed by atoms with E-state index in [4.69, 9.17) is 9.40 Å². The maximum absolute atomic E-state index is 5.91. The van der Waals surface area contributed by atoms with Crippen LogP contribution in [0.3, 0.4) is 0 Å². The highest BCUT2D eigenvalue weighted by Crippen LogP contribution is 2.41. The first-order chi connectivity index (χ1) is 12.2. The Balaban J connectivity index is 1.32. The van der Waals surface area contributed by atoms with Crippen molar-refractivity contribution in [1.82, 2.24) is 15.2 Å². The van der Waals surface area contributed by atoms with Crippen molar-refractivity contribution < 1.29 is 4.42 Å². The van der Waals surface area contributed by atoms with Gasteiger partial charge in [0, 0.05) is 24.9 Å². The zero-order chi connectivity index (χ0) is 17.0. The number of aromatic nitrogens is 3. The lowest BCUT2D eigenvalue weighted by atomic mass is 9.97. The van der Waals surface area contributed by atoms with Crippen molar-refractivity contribution in [2.45, 2.75) is 51.4 Å². The van der Waals surface area contributed by atoms with Gasteiger partial charge in [0.25, 0.3) is 0 Å². The summed E-state index contributed by atoms with van der Waals surface area (Å²) >= 11 is 1.82. The van der Waals surface area contributed by atoms with Crippen LogP contribution in [0.2, 0.25) is 0 Å². The standard InChI is InChI=1S/C19H22N4OS/c1-11-3-4-12(2)16-15(11)20-19(25-16)23-9-7-14(8-10-23)18-22-21-17(24-18)13-5-6-13/h3-4,13-14H,5-10H2,1-2H3. The average molecular weight is 354 g/mol. The molecule has 1 aliphatic carbocycles. The number of thiazole rings is 1. The van der Waals surface area contributed by atoms with E-state index in [-0.39, 0.29) is 0 Å². The first-order valence-corrected chi connectivity index (χ1v) is 9.95. The number of hydrogen-bond donors (Lipinski definition) is 0. The van der Waals surface area contributed by atoms with Gasteiger partial charge in [-0.05, 0) is 50.7 Å². The second-order valence-corrected chi connectivity index (χ2v) is 8.37. The summed E-state index contributed by atoms with van der Waals surface area (Å²) < 4.78 is 7.24. The van der Waals surface area contributed by atoms with Crippen LogP contribution >= 0.6 is 11.3 Å². The predicted molar refractivity (Wildman–Crippen MR) is 99.6 cm³/mol. The molecule has 0 atom stereocenters. The number of fused-ring (bicyclic) bond motifs is 1. The van der Waals surface area contributed by atoms with Crippen LogP contribution in [0.25, 0.3) is 10.2 Å². The van der Waals surface area contributed by atoms with Gasteiger partial charge in [-0.1, -0.05) is 23.5 Å². The molecule has 1 saturated heterocycles. The summed E-state index contributed by atoms with van der Waals surface area (Å²) in [6, 6.07) is 4.36. The number of piperidine rings is 1. The molecule has 5 nitrogen and oxygen atoms in total. The molecule has 25 heavy (non-hydrogen) atoms. The molecule has 6 heteroatoms. The van der Waals surface area contributed by atoms with Gasteiger partial charge in [0.15, 0.2) is 5.13 Å². The lowest BCUT2D eigenvalue weighted by Gasteiger charge is -2.30. The summed E-state index contributed by atoms with van der Waals surface area (Å²) in [5, 5.41) is 9.70. The predicted octanol–water partition coefficient (Wildman–Crippen LogP) is 4.56. The third kappa shape index (κ3) is 2.72. The van der Waals surface area contributed by atoms with Gasteiger partial charge in [0.1, 0.15) is 0 Å². The Hall–Kier alpha value is -1.95. The summed E-state index contributed by atoms with van der Waals surface area (Å²) in [7, 11) is 0. The van der Waals surface area contributed by atoms with E-state index in [1.165, 1.54) is 28.7 Å². The van der Waals surface area contributed by atoms with E-state index in [2.05, 4.69) is 41.1 Å². The fraction of sp³-hybridized carbons (Fsp3) is 0.526. The van der Waals surface area contributed by atoms with Gasteiger partial charge < -0.3 is 9.32 Å². The van der Waals surface area contributed by atoms with Crippen LogP contribution in [0.15, 0.2) is 16.5 Å². The summed E-state index contributed by atoms with van der Waals surface area (Å²) in [6.45, 7) is 6.32. The quantitative estimate of drug-likeness (QED) is 0.690. The van der Waals surface area contributed by atoms with Crippen molar-refractivity contribution >= 4 is 26.7 Å². The number of nitrogens with zero attached hydrogens (tertiary/aromatic N) is 4. The third-order valence-electron chi connectivity index (χ3n) is 5.43. The van der Waals surface area contributed by atoms with Gasteiger partial charge in [0.2, 0.25) is 11.8 Å². The highest BCUT2D eigenvalue weighted by Gasteiger charge is 2.32. The lowest BCUT2D eigenvalue weighted by molar-refractivity contribution is 0.376. The number of aryl methyl sites for hydroxylation is 2. The molecule has 0 unspecified atom stereocenters. The van der Waals surface area contributed by atoms with Gasteiger partial charge in [0.05, 0.1) is 10.2 Å². The van der Waals surface area contributed by atoms with Crippen molar-refractivity contribution in [1.29, 1.82) is 0 Å². The number of hydrogen-bond acceptors (Lipinski definition) is 6. The van der Waals surface area contributed by atoms with Crippen LogP contribution < -0.4 is 4.90 Å². The molecule has 5 rings (SSSR count). The van der Waals surface area contributed by atoms with Gasteiger partial charge in [-0.3, -0.25) is 0 Å². The van der Waals surface area contributed by atoms with E-state index in [9.17, 15) is 0 Å². The summed E-state index contributed by atoms with van der Waals surface area (Å²) in [6.07, 6.45) is 4.52. The Morgan fingerprint density at radius 1 is 0.960 bits per heavy atom. The molecule has 0 radical (unpaired) electrons. The molecule has 2 aromatic heterocycles. The summed E-state index contributed by atoms with van der Waals surface area (Å²) in [5.74, 6) is 2.64. The number of rotatable bonds is 3. The van der Waals surface area contributed by atoms with Crippen LogP contribution in [-0.2, 0) is 0 Å². The minimum Gasteiger partial charge on any atom is -0.425 e. The average Bonchev–Trinajstić information content (AvgIpc) is 3.19. The third-order valence-corrected chi connectivity index (χ3v) is 6.68. The molecule has 1 saturated carbocycles. The smallest absolute Gasteiger partial charge is 0.219 e. The second-order valence-electron chi connectivity index (χ2n) is 7.39. The molecule has 0 spiro atoms. The van der Waals surface area contributed by atoms with E-state index in [1.807, 2.05) is 11.3 Å². The first-order valence-electron chi connectivity index (χ1n) is 9.14. The molecular weight excluding hydrogens is 332 g/mol. The molecule has 2 aliphatic rings. The maximum atomic E-state index is 5.91. The van der Waals surface area contributed by atoms with Gasteiger partial charge >= 0.3 is 0 Å². The first kappa shape index (κ1) is 15.3. The van der Waals surface area contributed by atoms with Crippen LogP contribution in [0, 0.1) is 13.8 Å². The summed E-state index contributed by atoms with van der Waals surface area (Å²) in [4.78, 5) is 7.34. The molecular formula is C19H22N4OS. The lowest BCUT2D eigenvalue weighted by Crippen LogP contribution is -2.32. The highest BCUT2D eigenvalue weighted by molar-refractivity contribution is 7.22. The Bertz CT molecular complexity index is 880.